The van der Waals surface area contributed by atoms with Gasteiger partial charge in [0.1, 0.15) is 0 Å². The molecule has 1 aromatic rings. The van der Waals surface area contributed by atoms with Crippen molar-refractivity contribution in [3.8, 4) is 0 Å². The summed E-state index contributed by atoms with van der Waals surface area (Å²) in [4.78, 5) is 15.7. The maximum absolute atomic E-state index is 12.2. The molecule has 1 aromatic heterocycles. The highest BCUT2D eigenvalue weighted by atomic mass is 32.1. The van der Waals surface area contributed by atoms with Gasteiger partial charge in [0.05, 0.1) is 32.1 Å². The van der Waals surface area contributed by atoms with E-state index in [9.17, 15) is 4.79 Å². The first-order valence-corrected chi connectivity index (χ1v) is 9.46. The van der Waals surface area contributed by atoms with Crippen molar-refractivity contribution in [1.82, 2.24) is 16.2 Å². The van der Waals surface area contributed by atoms with Crippen LogP contribution >= 0.6 is 23.6 Å². The highest BCUT2D eigenvalue weighted by molar-refractivity contribution is 7.80. The molecule has 4 N–H and O–H groups in total. The van der Waals surface area contributed by atoms with Crippen LogP contribution < -0.4 is 21.1 Å². The first-order chi connectivity index (χ1) is 11.0. The van der Waals surface area contributed by atoms with Crippen molar-refractivity contribution in [2.45, 2.75) is 32.6 Å². The fraction of sp³-hybridized carbons (Fsp3) is 0.625. The molecule has 7 heteroatoms. The van der Waals surface area contributed by atoms with Crippen molar-refractivity contribution in [3.63, 3.8) is 0 Å². The van der Waals surface area contributed by atoms with E-state index in [4.69, 9.17) is 12.2 Å². The second kappa shape index (κ2) is 8.61. The van der Waals surface area contributed by atoms with E-state index >= 15 is 0 Å². The fourth-order valence-corrected chi connectivity index (χ4v) is 3.96. The topological polar surface area (TPSA) is 57.6 Å². The van der Waals surface area contributed by atoms with Crippen LogP contribution in [0.5, 0.6) is 0 Å². The molecule has 1 atom stereocenters. The third-order valence-electron chi connectivity index (χ3n) is 4.19. The lowest BCUT2D eigenvalue weighted by molar-refractivity contribution is -0.856. The SMILES string of the molecule is CC[C@@H]1CCc2sc(C(=O)NNC(=S)NCC[NH+](C)C)cc2C1. The van der Waals surface area contributed by atoms with Crippen LogP contribution in [0.1, 0.15) is 39.9 Å². The lowest BCUT2D eigenvalue weighted by Gasteiger charge is -2.19. The molecule has 1 aliphatic rings. The van der Waals surface area contributed by atoms with E-state index in [1.165, 1.54) is 28.2 Å². The lowest BCUT2D eigenvalue weighted by Crippen LogP contribution is -3.06. The number of quaternary nitrogens is 1. The number of rotatable bonds is 5. The number of likely N-dealkylation sites (N-methyl/N-ethyl adjacent to an activating group) is 1. The predicted octanol–water partition coefficient (Wildman–Crippen LogP) is 0.516. The van der Waals surface area contributed by atoms with Gasteiger partial charge in [0, 0.05) is 4.88 Å². The average Bonchev–Trinajstić information content (AvgIpc) is 2.95. The molecule has 0 unspecified atom stereocenters. The highest BCUT2D eigenvalue weighted by Gasteiger charge is 2.22. The van der Waals surface area contributed by atoms with Crippen LogP contribution in [0.3, 0.4) is 0 Å². The number of carbonyl (C=O) groups is 1. The van der Waals surface area contributed by atoms with E-state index in [0.717, 1.165) is 36.7 Å². The summed E-state index contributed by atoms with van der Waals surface area (Å²) in [6, 6.07) is 2.05. The smallest absolute Gasteiger partial charge is 0.279 e. The van der Waals surface area contributed by atoms with E-state index in [-0.39, 0.29) is 5.91 Å². The number of hydrogen-bond acceptors (Lipinski definition) is 3. The molecule has 0 spiro atoms. The number of hydrogen-bond donors (Lipinski definition) is 4. The summed E-state index contributed by atoms with van der Waals surface area (Å²) in [6.45, 7) is 3.98. The van der Waals surface area contributed by atoms with Gasteiger partial charge in [-0.25, -0.2) is 0 Å². The van der Waals surface area contributed by atoms with Crippen LogP contribution in [0.2, 0.25) is 0 Å². The number of nitrogens with one attached hydrogen (secondary N) is 4. The zero-order valence-electron chi connectivity index (χ0n) is 14.1. The number of aryl methyl sites for hydroxylation is 1. The molecule has 0 bridgehead atoms. The van der Waals surface area contributed by atoms with E-state index in [0.29, 0.717) is 5.11 Å². The molecule has 0 radical (unpaired) electrons. The van der Waals surface area contributed by atoms with E-state index in [1.54, 1.807) is 11.3 Å². The first-order valence-electron chi connectivity index (χ1n) is 8.24. The fourth-order valence-electron chi connectivity index (χ4n) is 2.70. The quantitative estimate of drug-likeness (QED) is 0.459. The van der Waals surface area contributed by atoms with Gasteiger partial charge in [-0.1, -0.05) is 13.3 Å². The molecule has 2 rings (SSSR count). The molecule has 0 aliphatic heterocycles. The Morgan fingerprint density at radius 3 is 2.91 bits per heavy atom. The predicted molar refractivity (Wildman–Crippen MR) is 99.0 cm³/mol. The summed E-state index contributed by atoms with van der Waals surface area (Å²) in [5.41, 5.74) is 6.81. The number of hydrazine groups is 1. The monoisotopic (exact) mass is 355 g/mol. The van der Waals surface area contributed by atoms with Crippen LogP contribution in [0.25, 0.3) is 0 Å². The maximum Gasteiger partial charge on any atom is 0.279 e. The molecule has 1 heterocycles. The van der Waals surface area contributed by atoms with Crippen molar-refractivity contribution in [3.05, 3.63) is 21.4 Å². The largest absolute Gasteiger partial charge is 0.356 e. The Morgan fingerprint density at radius 1 is 1.43 bits per heavy atom. The number of thiocarbonyl (C=S) groups is 1. The number of thiophene rings is 1. The van der Waals surface area contributed by atoms with Gasteiger partial charge in [-0.15, -0.1) is 11.3 Å². The van der Waals surface area contributed by atoms with E-state index < -0.39 is 0 Å². The normalized spacial score (nSPS) is 16.8. The van der Waals surface area contributed by atoms with Crippen molar-refractivity contribution in [2.75, 3.05) is 27.2 Å². The minimum absolute atomic E-state index is 0.111. The summed E-state index contributed by atoms with van der Waals surface area (Å²) >= 11 is 6.76. The van der Waals surface area contributed by atoms with Gasteiger partial charge < -0.3 is 10.2 Å². The summed E-state index contributed by atoms with van der Waals surface area (Å²) in [5.74, 6) is 0.654. The van der Waals surface area contributed by atoms with Crippen molar-refractivity contribution in [2.24, 2.45) is 5.92 Å². The van der Waals surface area contributed by atoms with E-state index in [1.807, 2.05) is 6.07 Å². The molecular weight excluding hydrogens is 328 g/mol. The summed E-state index contributed by atoms with van der Waals surface area (Å²) < 4.78 is 0. The van der Waals surface area contributed by atoms with Crippen molar-refractivity contribution >= 4 is 34.6 Å². The van der Waals surface area contributed by atoms with Gasteiger partial charge in [0.15, 0.2) is 5.11 Å². The molecule has 0 fully saturated rings. The molecule has 0 saturated heterocycles. The molecular formula is C16H27N4OS2+. The summed E-state index contributed by atoms with van der Waals surface area (Å²) in [7, 11) is 4.17. The Bertz CT molecular complexity index is 556. The van der Waals surface area contributed by atoms with Crippen molar-refractivity contribution < 1.29 is 9.69 Å². The Morgan fingerprint density at radius 2 is 2.22 bits per heavy atom. The minimum atomic E-state index is -0.111. The van der Waals surface area contributed by atoms with Gasteiger partial charge in [0.2, 0.25) is 0 Å². The van der Waals surface area contributed by atoms with Crippen LogP contribution in [-0.4, -0.2) is 38.2 Å². The third-order valence-corrected chi connectivity index (χ3v) is 5.67. The molecule has 0 aromatic carbocycles. The Hall–Kier alpha value is -1.18. The molecule has 23 heavy (non-hydrogen) atoms. The Kier molecular flexibility index (Phi) is 6.80. The minimum Gasteiger partial charge on any atom is -0.356 e. The Labute approximate surface area is 147 Å². The van der Waals surface area contributed by atoms with Crippen LogP contribution in [0.4, 0.5) is 0 Å². The third kappa shape index (κ3) is 5.44. The average molecular weight is 356 g/mol. The standard InChI is InChI=1S/C16H26N4OS2/c1-4-11-5-6-13-12(9-11)10-14(23-13)15(21)18-19-16(22)17-7-8-20(2)3/h10-11H,4-9H2,1-3H3,(H,18,21)(H2,17,19,22)/p+1/t11-/m1/s1. The summed E-state index contributed by atoms with van der Waals surface area (Å²) in [5, 5.41) is 3.52. The number of carbonyl (C=O) groups excluding carboxylic acids is 1. The summed E-state index contributed by atoms with van der Waals surface area (Å²) in [6.07, 6.45) is 4.67. The van der Waals surface area contributed by atoms with Gasteiger partial charge in [-0.05, 0) is 49.0 Å². The van der Waals surface area contributed by atoms with Gasteiger partial charge in [-0.2, -0.15) is 0 Å². The van der Waals surface area contributed by atoms with Crippen molar-refractivity contribution in [1.29, 1.82) is 0 Å². The van der Waals surface area contributed by atoms with Gasteiger partial charge in [-0.3, -0.25) is 15.6 Å². The lowest BCUT2D eigenvalue weighted by atomic mass is 9.87. The second-order valence-corrected chi connectivity index (χ2v) is 7.91. The molecule has 1 amide bonds. The van der Waals surface area contributed by atoms with Crippen LogP contribution in [0, 0.1) is 5.92 Å². The second-order valence-electron chi connectivity index (χ2n) is 6.37. The number of amides is 1. The number of fused-ring (bicyclic) bond motifs is 1. The Balaban J connectivity index is 1.80. The van der Waals surface area contributed by atoms with Crippen LogP contribution in [0.15, 0.2) is 6.07 Å². The maximum atomic E-state index is 12.2. The van der Waals surface area contributed by atoms with Crippen LogP contribution in [-0.2, 0) is 12.8 Å². The zero-order valence-corrected chi connectivity index (χ0v) is 15.8. The van der Waals surface area contributed by atoms with E-state index in [2.05, 4.69) is 37.2 Å². The molecule has 5 nitrogen and oxygen atoms in total. The highest BCUT2D eigenvalue weighted by Crippen LogP contribution is 2.33. The zero-order chi connectivity index (χ0) is 16.8. The van der Waals surface area contributed by atoms with Gasteiger partial charge >= 0.3 is 0 Å². The molecule has 128 valence electrons. The molecule has 0 saturated carbocycles. The first kappa shape index (κ1) is 18.2. The molecule has 1 aliphatic carbocycles. The van der Waals surface area contributed by atoms with Gasteiger partial charge in [0.25, 0.3) is 5.91 Å².